The molecule has 0 bridgehead atoms. The molecule has 6 heteroatoms. The van der Waals surface area contributed by atoms with E-state index in [1.165, 1.54) is 11.8 Å². The summed E-state index contributed by atoms with van der Waals surface area (Å²) in [6, 6.07) is 6.92. The molecule has 2 rings (SSSR count). The van der Waals surface area contributed by atoms with Crippen molar-refractivity contribution >= 4 is 40.9 Å². The minimum atomic E-state index is -1.06. The van der Waals surface area contributed by atoms with Gasteiger partial charge in [-0.05, 0) is 31.2 Å². The van der Waals surface area contributed by atoms with Crippen LogP contribution in [-0.2, 0) is 5.75 Å². The second kappa shape index (κ2) is 5.90. The first kappa shape index (κ1) is 14.3. The van der Waals surface area contributed by atoms with E-state index in [-0.39, 0.29) is 5.76 Å². The van der Waals surface area contributed by atoms with Gasteiger partial charge >= 0.3 is 5.97 Å². The molecule has 0 aliphatic carbocycles. The van der Waals surface area contributed by atoms with Gasteiger partial charge in [0.25, 0.3) is 0 Å². The summed E-state index contributed by atoms with van der Waals surface area (Å²) >= 11 is 13.3. The molecule has 1 heterocycles. The van der Waals surface area contributed by atoms with Gasteiger partial charge in [0.2, 0.25) is 5.76 Å². The standard InChI is InChI=1S/C13H10Cl2O3S/c1-7-8(4-12(18-7)13(16)17)6-19-9-2-3-10(14)11(15)5-9/h2-5H,6H2,1H3,(H,16,17). The Morgan fingerprint density at radius 2 is 2.05 bits per heavy atom. The Kier molecular flexibility index (Phi) is 4.45. The van der Waals surface area contributed by atoms with Crippen LogP contribution in [-0.4, -0.2) is 11.1 Å². The number of rotatable bonds is 4. The van der Waals surface area contributed by atoms with Crippen LogP contribution >= 0.6 is 35.0 Å². The van der Waals surface area contributed by atoms with Gasteiger partial charge in [-0.1, -0.05) is 23.2 Å². The van der Waals surface area contributed by atoms with Crippen LogP contribution in [0.15, 0.2) is 33.6 Å². The number of hydrogen-bond donors (Lipinski definition) is 1. The van der Waals surface area contributed by atoms with Crippen LogP contribution in [0.1, 0.15) is 21.9 Å². The molecule has 2 aromatic rings. The first-order valence-electron chi connectivity index (χ1n) is 5.38. The Morgan fingerprint density at radius 3 is 2.63 bits per heavy atom. The van der Waals surface area contributed by atoms with Crippen LogP contribution in [0.4, 0.5) is 0 Å². The topological polar surface area (TPSA) is 50.4 Å². The molecule has 0 radical (unpaired) electrons. The van der Waals surface area contributed by atoms with Gasteiger partial charge in [-0.25, -0.2) is 4.79 Å². The molecule has 1 aromatic heterocycles. The van der Waals surface area contributed by atoms with Gasteiger partial charge in [0.05, 0.1) is 10.0 Å². The minimum absolute atomic E-state index is 0.0396. The summed E-state index contributed by atoms with van der Waals surface area (Å²) in [6.45, 7) is 1.75. The molecule has 0 fully saturated rings. The average molecular weight is 317 g/mol. The number of halogens is 2. The van der Waals surface area contributed by atoms with E-state index in [0.29, 0.717) is 21.6 Å². The molecule has 19 heavy (non-hydrogen) atoms. The van der Waals surface area contributed by atoms with E-state index in [1.54, 1.807) is 25.1 Å². The molecule has 1 aromatic carbocycles. The second-order valence-electron chi connectivity index (χ2n) is 3.86. The molecule has 100 valence electrons. The van der Waals surface area contributed by atoms with Gasteiger partial charge < -0.3 is 9.52 Å². The van der Waals surface area contributed by atoms with Crippen molar-refractivity contribution in [3.63, 3.8) is 0 Å². The van der Waals surface area contributed by atoms with Crippen molar-refractivity contribution in [2.45, 2.75) is 17.6 Å². The van der Waals surface area contributed by atoms with Gasteiger partial charge in [0, 0.05) is 16.2 Å². The van der Waals surface area contributed by atoms with Crippen LogP contribution in [0.3, 0.4) is 0 Å². The molecular formula is C13H10Cl2O3S. The van der Waals surface area contributed by atoms with Crippen LogP contribution in [0, 0.1) is 6.92 Å². The lowest BCUT2D eigenvalue weighted by Gasteiger charge is -2.02. The average Bonchev–Trinajstić information content (AvgIpc) is 2.73. The van der Waals surface area contributed by atoms with Crippen molar-refractivity contribution in [2.24, 2.45) is 0 Å². The molecule has 0 saturated carbocycles. The molecule has 0 aliphatic heterocycles. The first-order chi connectivity index (χ1) is 8.97. The molecule has 0 spiro atoms. The third kappa shape index (κ3) is 3.47. The van der Waals surface area contributed by atoms with Gasteiger partial charge in [-0.2, -0.15) is 0 Å². The van der Waals surface area contributed by atoms with Crippen molar-refractivity contribution in [3.8, 4) is 0 Å². The Bertz CT molecular complexity index is 622. The summed E-state index contributed by atoms with van der Waals surface area (Å²) in [4.78, 5) is 11.8. The van der Waals surface area contributed by atoms with Crippen molar-refractivity contribution in [2.75, 3.05) is 0 Å². The molecule has 0 amide bonds. The maximum atomic E-state index is 10.8. The first-order valence-corrected chi connectivity index (χ1v) is 7.12. The van der Waals surface area contributed by atoms with Crippen LogP contribution in [0.2, 0.25) is 10.0 Å². The fourth-order valence-electron chi connectivity index (χ4n) is 1.50. The smallest absolute Gasteiger partial charge is 0.371 e. The Hall–Kier alpha value is -1.10. The third-order valence-electron chi connectivity index (χ3n) is 2.52. The number of furan rings is 1. The monoisotopic (exact) mass is 316 g/mol. The van der Waals surface area contributed by atoms with E-state index in [2.05, 4.69) is 0 Å². The van der Waals surface area contributed by atoms with Crippen molar-refractivity contribution in [3.05, 3.63) is 51.4 Å². The molecular weight excluding hydrogens is 307 g/mol. The maximum absolute atomic E-state index is 10.8. The van der Waals surface area contributed by atoms with E-state index in [0.717, 1.165) is 10.5 Å². The zero-order valence-electron chi connectivity index (χ0n) is 9.94. The lowest BCUT2D eigenvalue weighted by molar-refractivity contribution is 0.0661. The molecule has 3 nitrogen and oxygen atoms in total. The number of benzene rings is 1. The summed E-state index contributed by atoms with van der Waals surface area (Å²) < 4.78 is 5.15. The fourth-order valence-corrected chi connectivity index (χ4v) is 2.83. The number of carbonyl (C=O) groups is 1. The summed E-state index contributed by atoms with van der Waals surface area (Å²) in [7, 11) is 0. The van der Waals surface area contributed by atoms with E-state index < -0.39 is 5.97 Å². The second-order valence-corrected chi connectivity index (χ2v) is 5.72. The Morgan fingerprint density at radius 1 is 1.32 bits per heavy atom. The van der Waals surface area contributed by atoms with E-state index >= 15 is 0 Å². The van der Waals surface area contributed by atoms with Crippen molar-refractivity contribution in [1.82, 2.24) is 0 Å². The van der Waals surface area contributed by atoms with Crippen molar-refractivity contribution < 1.29 is 14.3 Å². The number of hydrogen-bond acceptors (Lipinski definition) is 3. The normalized spacial score (nSPS) is 10.7. The number of thioether (sulfide) groups is 1. The highest BCUT2D eigenvalue weighted by molar-refractivity contribution is 7.98. The van der Waals surface area contributed by atoms with Gasteiger partial charge in [-0.15, -0.1) is 11.8 Å². The fraction of sp³-hybridized carbons (Fsp3) is 0.154. The van der Waals surface area contributed by atoms with Crippen LogP contribution in [0.5, 0.6) is 0 Å². The lowest BCUT2D eigenvalue weighted by atomic mass is 10.3. The molecule has 0 atom stereocenters. The number of carboxylic acids is 1. The lowest BCUT2D eigenvalue weighted by Crippen LogP contribution is -1.91. The SMILES string of the molecule is Cc1oc(C(=O)O)cc1CSc1ccc(Cl)c(Cl)c1. The van der Waals surface area contributed by atoms with Crippen molar-refractivity contribution in [1.29, 1.82) is 0 Å². The Balaban J connectivity index is 2.09. The Labute approximate surface area is 124 Å². The highest BCUT2D eigenvalue weighted by Crippen LogP contribution is 2.31. The number of aryl methyl sites for hydroxylation is 1. The third-order valence-corrected chi connectivity index (χ3v) is 4.30. The van der Waals surface area contributed by atoms with E-state index in [1.807, 2.05) is 6.07 Å². The van der Waals surface area contributed by atoms with Gasteiger partial charge in [-0.3, -0.25) is 0 Å². The molecule has 0 aliphatic rings. The number of carboxylic acid groups (broad SMARTS) is 1. The quantitative estimate of drug-likeness (QED) is 0.816. The maximum Gasteiger partial charge on any atom is 0.371 e. The minimum Gasteiger partial charge on any atom is -0.475 e. The number of aromatic carboxylic acids is 1. The molecule has 0 unspecified atom stereocenters. The summed E-state index contributed by atoms with van der Waals surface area (Å²) in [6.07, 6.45) is 0. The zero-order valence-corrected chi connectivity index (χ0v) is 12.3. The van der Waals surface area contributed by atoms with Gasteiger partial charge in [0.15, 0.2) is 0 Å². The van der Waals surface area contributed by atoms with Crippen LogP contribution in [0.25, 0.3) is 0 Å². The van der Waals surface area contributed by atoms with E-state index in [4.69, 9.17) is 32.7 Å². The predicted molar refractivity (Wildman–Crippen MR) is 76.4 cm³/mol. The van der Waals surface area contributed by atoms with Crippen LogP contribution < -0.4 is 0 Å². The summed E-state index contributed by atoms with van der Waals surface area (Å²) in [5.41, 5.74) is 0.855. The largest absolute Gasteiger partial charge is 0.475 e. The highest BCUT2D eigenvalue weighted by atomic mass is 35.5. The molecule has 1 N–H and O–H groups in total. The van der Waals surface area contributed by atoms with E-state index in [9.17, 15) is 4.79 Å². The summed E-state index contributed by atoms with van der Waals surface area (Å²) in [5.74, 6) is 0.127. The summed E-state index contributed by atoms with van der Waals surface area (Å²) in [5, 5.41) is 9.86. The van der Waals surface area contributed by atoms with Gasteiger partial charge in [0.1, 0.15) is 5.76 Å². The predicted octanol–water partition coefficient (Wildman–Crippen LogP) is 4.89. The zero-order chi connectivity index (χ0) is 14.0. The highest BCUT2D eigenvalue weighted by Gasteiger charge is 2.13. The molecule has 0 saturated heterocycles.